The van der Waals surface area contributed by atoms with Crippen LogP contribution in [0.2, 0.25) is 0 Å². The van der Waals surface area contributed by atoms with Gasteiger partial charge in [0.1, 0.15) is 5.75 Å². The van der Waals surface area contributed by atoms with Crippen LogP contribution >= 0.6 is 0 Å². The molecule has 0 N–H and O–H groups in total. The Kier molecular flexibility index (Phi) is 3.96. The molecule has 0 bridgehead atoms. The molecule has 0 aliphatic rings. The minimum Gasteiger partial charge on any atom is -0.618 e. The van der Waals surface area contributed by atoms with E-state index < -0.39 is 5.83 Å². The van der Waals surface area contributed by atoms with Crippen molar-refractivity contribution >= 4 is 11.9 Å². The van der Waals surface area contributed by atoms with Gasteiger partial charge < -0.3 is 9.94 Å². The summed E-state index contributed by atoms with van der Waals surface area (Å²) in [4.78, 5) is 0. The number of hydrogen-bond acceptors (Lipinski definition) is 3. The highest BCUT2D eigenvalue weighted by atomic mass is 19.1. The summed E-state index contributed by atoms with van der Waals surface area (Å²) in [6.07, 6.45) is 2.33. The van der Waals surface area contributed by atoms with Crippen molar-refractivity contribution < 1.29 is 13.9 Å². The molecule has 2 rings (SSSR count). The van der Waals surface area contributed by atoms with Gasteiger partial charge >= 0.3 is 0 Å². The van der Waals surface area contributed by atoms with E-state index >= 15 is 0 Å². The summed E-state index contributed by atoms with van der Waals surface area (Å²) in [6.45, 7) is 0. The van der Waals surface area contributed by atoms with Crippen LogP contribution in [0.5, 0.6) is 5.75 Å². The molecular weight excluding hydrogens is 259 g/mol. The van der Waals surface area contributed by atoms with Crippen LogP contribution in [0.15, 0.2) is 42.6 Å². The van der Waals surface area contributed by atoms with E-state index in [9.17, 15) is 9.60 Å². The predicted molar refractivity (Wildman–Crippen MR) is 72.1 cm³/mol. The molecule has 0 atom stereocenters. The molecule has 0 spiro atoms. The van der Waals surface area contributed by atoms with Gasteiger partial charge in [-0.25, -0.2) is 0 Å². The molecule has 0 radical (unpaired) electrons. The summed E-state index contributed by atoms with van der Waals surface area (Å²) in [5.41, 5.74) is 0.621. The Bertz CT molecular complexity index is 688. The summed E-state index contributed by atoms with van der Waals surface area (Å²) in [7, 11) is 1.54. The second-order valence-electron chi connectivity index (χ2n) is 4.00. The number of pyridine rings is 1. The van der Waals surface area contributed by atoms with E-state index in [0.29, 0.717) is 16.0 Å². The highest BCUT2D eigenvalue weighted by Crippen LogP contribution is 2.19. The molecule has 0 aliphatic heterocycles. The largest absolute Gasteiger partial charge is 0.618 e. The van der Waals surface area contributed by atoms with E-state index in [-0.39, 0.29) is 11.3 Å². The van der Waals surface area contributed by atoms with Gasteiger partial charge in [0.2, 0.25) is 0 Å². The fraction of sp³-hybridized carbons (Fsp3) is 0.0667. The third kappa shape index (κ3) is 2.93. The topological polar surface area (TPSA) is 60.0 Å². The fourth-order valence-corrected chi connectivity index (χ4v) is 1.65. The van der Waals surface area contributed by atoms with Gasteiger partial charge in [-0.15, -0.1) is 0 Å². The summed E-state index contributed by atoms with van der Waals surface area (Å²) >= 11 is 0. The van der Waals surface area contributed by atoms with E-state index in [1.54, 1.807) is 31.4 Å². The zero-order valence-electron chi connectivity index (χ0n) is 10.7. The zero-order valence-corrected chi connectivity index (χ0v) is 10.7. The lowest BCUT2D eigenvalue weighted by Gasteiger charge is -2.03. The number of nitrogens with zero attached hydrogens (tertiary/aromatic N) is 2. The smallest absolute Gasteiger partial charge is 0.253 e. The Hall–Kier alpha value is -2.87. The van der Waals surface area contributed by atoms with Crippen molar-refractivity contribution in [2.45, 2.75) is 0 Å². The van der Waals surface area contributed by atoms with Crippen LogP contribution in [0.25, 0.3) is 11.9 Å². The summed E-state index contributed by atoms with van der Waals surface area (Å²) in [5, 5.41) is 20.3. The average molecular weight is 270 g/mol. The molecule has 1 aromatic carbocycles. The molecular formula is C15H11FN2O2. The van der Waals surface area contributed by atoms with Gasteiger partial charge in [0.05, 0.1) is 18.7 Å². The Morgan fingerprint density at radius 1 is 1.35 bits per heavy atom. The molecule has 0 aliphatic carbocycles. The number of ether oxygens (including phenoxy) is 1. The number of nitriles is 1. The lowest BCUT2D eigenvalue weighted by atomic mass is 10.1. The lowest BCUT2D eigenvalue weighted by Crippen LogP contribution is -2.30. The standard InChI is InChI=1S/C15H11FN2O2/c1-20-13-4-2-11(3-5-13)8-14(16)15-9-12(10-17)6-7-18(15)19/h2-9H,1H3/b14-8-. The molecule has 0 saturated carbocycles. The first-order valence-electron chi connectivity index (χ1n) is 5.79. The average Bonchev–Trinajstić information content (AvgIpc) is 2.48. The molecule has 4 nitrogen and oxygen atoms in total. The molecule has 1 heterocycles. The quantitative estimate of drug-likeness (QED) is 0.636. The SMILES string of the molecule is COc1ccc(/C=C(\F)c2cc(C#N)cc[n+]2[O-])cc1. The first-order valence-corrected chi connectivity index (χ1v) is 5.79. The summed E-state index contributed by atoms with van der Waals surface area (Å²) < 4.78 is 19.5. The van der Waals surface area contributed by atoms with E-state index in [1.165, 1.54) is 18.2 Å². The number of hydrogen-bond donors (Lipinski definition) is 0. The highest BCUT2D eigenvalue weighted by Gasteiger charge is 2.12. The highest BCUT2D eigenvalue weighted by molar-refractivity contribution is 5.74. The summed E-state index contributed by atoms with van der Waals surface area (Å²) in [6, 6.07) is 11.1. The van der Waals surface area contributed by atoms with Crippen molar-refractivity contribution in [1.29, 1.82) is 5.26 Å². The van der Waals surface area contributed by atoms with E-state index in [4.69, 9.17) is 10.00 Å². The Labute approximate surface area is 115 Å². The van der Waals surface area contributed by atoms with Crippen LogP contribution in [0.1, 0.15) is 16.8 Å². The van der Waals surface area contributed by atoms with Crippen molar-refractivity contribution in [3.8, 4) is 11.8 Å². The Morgan fingerprint density at radius 3 is 2.65 bits per heavy atom. The number of aromatic nitrogens is 1. The Balaban J connectivity index is 2.36. The normalized spacial score (nSPS) is 10.9. The second-order valence-corrected chi connectivity index (χ2v) is 4.00. The van der Waals surface area contributed by atoms with Gasteiger partial charge in [-0.05, 0) is 23.8 Å². The van der Waals surface area contributed by atoms with Crippen LogP contribution in [-0.2, 0) is 0 Å². The molecule has 0 saturated heterocycles. The molecule has 0 amide bonds. The first-order chi connectivity index (χ1) is 9.63. The monoisotopic (exact) mass is 270 g/mol. The lowest BCUT2D eigenvalue weighted by molar-refractivity contribution is -0.608. The van der Waals surface area contributed by atoms with Crippen LogP contribution < -0.4 is 9.47 Å². The van der Waals surface area contributed by atoms with E-state index in [0.717, 1.165) is 6.20 Å². The van der Waals surface area contributed by atoms with Gasteiger partial charge in [0.15, 0.2) is 12.0 Å². The molecule has 0 fully saturated rings. The van der Waals surface area contributed by atoms with Crippen molar-refractivity contribution in [3.63, 3.8) is 0 Å². The predicted octanol–water partition coefficient (Wildman–Crippen LogP) is 2.67. The van der Waals surface area contributed by atoms with Gasteiger partial charge in [-0.3, -0.25) is 0 Å². The minimum absolute atomic E-state index is 0.195. The fourth-order valence-electron chi connectivity index (χ4n) is 1.65. The van der Waals surface area contributed by atoms with E-state index in [1.807, 2.05) is 6.07 Å². The molecule has 20 heavy (non-hydrogen) atoms. The number of halogens is 1. The molecule has 0 unspecified atom stereocenters. The number of benzene rings is 1. The molecule has 5 heteroatoms. The van der Waals surface area contributed by atoms with Crippen LogP contribution in [-0.4, -0.2) is 7.11 Å². The van der Waals surface area contributed by atoms with Crippen LogP contribution in [0.4, 0.5) is 4.39 Å². The second kappa shape index (κ2) is 5.85. The number of methoxy groups -OCH3 is 1. The maximum Gasteiger partial charge on any atom is 0.253 e. The van der Waals surface area contributed by atoms with Gasteiger partial charge in [-0.1, -0.05) is 12.1 Å². The van der Waals surface area contributed by atoms with Gasteiger partial charge in [-0.2, -0.15) is 14.4 Å². The Morgan fingerprint density at radius 2 is 2.05 bits per heavy atom. The van der Waals surface area contributed by atoms with E-state index in [2.05, 4.69) is 0 Å². The summed E-state index contributed by atoms with van der Waals surface area (Å²) in [5.74, 6) is -0.0461. The van der Waals surface area contributed by atoms with Crippen molar-refractivity contribution in [3.05, 3.63) is 64.6 Å². The molecule has 2 aromatic rings. The van der Waals surface area contributed by atoms with Crippen molar-refractivity contribution in [2.24, 2.45) is 0 Å². The van der Waals surface area contributed by atoms with Crippen molar-refractivity contribution in [1.82, 2.24) is 0 Å². The molecule has 1 aromatic heterocycles. The van der Waals surface area contributed by atoms with Crippen molar-refractivity contribution in [2.75, 3.05) is 7.11 Å². The third-order valence-corrected chi connectivity index (χ3v) is 2.70. The number of rotatable bonds is 3. The maximum atomic E-state index is 14.1. The first kappa shape index (κ1) is 13.6. The third-order valence-electron chi connectivity index (χ3n) is 2.70. The molecule has 100 valence electrons. The zero-order chi connectivity index (χ0) is 14.5. The van der Waals surface area contributed by atoms with Crippen LogP contribution in [0.3, 0.4) is 0 Å². The van der Waals surface area contributed by atoms with Gasteiger partial charge in [0.25, 0.3) is 5.69 Å². The van der Waals surface area contributed by atoms with Crippen LogP contribution in [0, 0.1) is 16.5 Å². The minimum atomic E-state index is -0.706. The van der Waals surface area contributed by atoms with Gasteiger partial charge in [0, 0.05) is 12.1 Å². The maximum absolute atomic E-state index is 14.1.